The van der Waals surface area contributed by atoms with E-state index in [1.54, 1.807) is 0 Å². The van der Waals surface area contributed by atoms with Crippen molar-refractivity contribution in [1.82, 2.24) is 0 Å². The topological polar surface area (TPSA) is 26.0 Å². The molecule has 1 rings (SSSR count). The Hall–Kier alpha value is -0.960. The zero-order valence-electron chi connectivity index (χ0n) is 9.19. The van der Waals surface area contributed by atoms with Crippen LogP contribution in [0.15, 0.2) is 18.2 Å². The van der Waals surface area contributed by atoms with Gasteiger partial charge in [-0.3, -0.25) is 0 Å². The Balaban J connectivity index is 3.22. The van der Waals surface area contributed by atoms with Crippen LogP contribution >= 0.6 is 0 Å². The number of benzene rings is 1. The molecule has 0 radical (unpaired) electrons. The minimum absolute atomic E-state index is 0.303. The van der Waals surface area contributed by atoms with Crippen LogP contribution in [0.5, 0.6) is 0 Å². The minimum Gasteiger partial charge on any atom is -0.330 e. The van der Waals surface area contributed by atoms with Gasteiger partial charge in [-0.25, -0.2) is 8.78 Å². The lowest BCUT2D eigenvalue weighted by atomic mass is 9.76. The van der Waals surface area contributed by atoms with Crippen LogP contribution < -0.4 is 5.73 Å². The molecule has 15 heavy (non-hydrogen) atoms. The van der Waals surface area contributed by atoms with Crippen LogP contribution in [0.3, 0.4) is 0 Å². The van der Waals surface area contributed by atoms with Crippen LogP contribution in [0.25, 0.3) is 0 Å². The van der Waals surface area contributed by atoms with E-state index in [2.05, 4.69) is 0 Å². The van der Waals surface area contributed by atoms with Crippen LogP contribution in [0, 0.1) is 11.6 Å². The first-order chi connectivity index (χ1) is 7.07. The van der Waals surface area contributed by atoms with Crippen molar-refractivity contribution in [3.8, 4) is 0 Å². The highest BCUT2D eigenvalue weighted by molar-refractivity contribution is 5.27. The fourth-order valence-electron chi connectivity index (χ4n) is 1.92. The first-order valence-electron chi connectivity index (χ1n) is 5.24. The van der Waals surface area contributed by atoms with Gasteiger partial charge >= 0.3 is 0 Å². The number of hydrogen-bond acceptors (Lipinski definition) is 1. The summed E-state index contributed by atoms with van der Waals surface area (Å²) in [6.45, 7) is 4.38. The third-order valence-electron chi connectivity index (χ3n) is 3.22. The molecule has 0 aliphatic heterocycles. The van der Waals surface area contributed by atoms with E-state index in [1.165, 1.54) is 12.1 Å². The van der Waals surface area contributed by atoms with Crippen molar-refractivity contribution in [2.75, 3.05) is 6.54 Å². The number of hydrogen-bond donors (Lipinski definition) is 1. The number of halogens is 2. The molecular formula is C12H17F2N. The Bertz CT molecular complexity index is 304. The van der Waals surface area contributed by atoms with Gasteiger partial charge in [-0.2, -0.15) is 0 Å². The average molecular weight is 213 g/mol. The molecule has 1 aromatic rings. The Morgan fingerprint density at radius 2 is 1.53 bits per heavy atom. The lowest BCUT2D eigenvalue weighted by Gasteiger charge is -2.30. The second kappa shape index (κ2) is 4.71. The molecule has 0 amide bonds. The second-order valence-electron chi connectivity index (χ2n) is 3.85. The molecule has 0 aliphatic carbocycles. The van der Waals surface area contributed by atoms with Gasteiger partial charge in [0.05, 0.1) is 0 Å². The van der Waals surface area contributed by atoms with E-state index >= 15 is 0 Å². The lowest BCUT2D eigenvalue weighted by molar-refractivity contribution is 0.401. The van der Waals surface area contributed by atoms with E-state index < -0.39 is 11.6 Å². The van der Waals surface area contributed by atoms with E-state index in [0.29, 0.717) is 12.1 Å². The van der Waals surface area contributed by atoms with Gasteiger partial charge in [-0.05, 0) is 30.5 Å². The van der Waals surface area contributed by atoms with Gasteiger partial charge in [0.1, 0.15) is 11.6 Å². The molecule has 0 saturated heterocycles. The maximum Gasteiger partial charge on any atom is 0.126 e. The highest BCUT2D eigenvalue weighted by atomic mass is 19.1. The van der Waals surface area contributed by atoms with E-state index in [4.69, 9.17) is 5.73 Å². The molecule has 3 heteroatoms. The Labute approximate surface area is 89.3 Å². The maximum absolute atomic E-state index is 13.1. The van der Waals surface area contributed by atoms with Gasteiger partial charge in [0, 0.05) is 18.0 Å². The molecular weight excluding hydrogens is 196 g/mol. The van der Waals surface area contributed by atoms with Crippen molar-refractivity contribution in [1.29, 1.82) is 0 Å². The summed E-state index contributed by atoms with van der Waals surface area (Å²) in [5.41, 5.74) is 6.07. The van der Waals surface area contributed by atoms with Crippen LogP contribution in [0.4, 0.5) is 8.78 Å². The average Bonchev–Trinajstić information content (AvgIpc) is 2.20. The molecule has 1 aromatic carbocycles. The van der Waals surface area contributed by atoms with Crippen molar-refractivity contribution >= 4 is 0 Å². The van der Waals surface area contributed by atoms with Crippen LogP contribution in [0.2, 0.25) is 0 Å². The zero-order valence-corrected chi connectivity index (χ0v) is 9.19. The lowest BCUT2D eigenvalue weighted by Crippen LogP contribution is -2.34. The first-order valence-corrected chi connectivity index (χ1v) is 5.24. The molecule has 0 bridgehead atoms. The second-order valence-corrected chi connectivity index (χ2v) is 3.85. The van der Waals surface area contributed by atoms with E-state index in [1.807, 2.05) is 13.8 Å². The molecule has 0 heterocycles. The van der Waals surface area contributed by atoms with Crippen molar-refractivity contribution in [2.24, 2.45) is 5.73 Å². The quantitative estimate of drug-likeness (QED) is 0.817. The predicted octanol–water partition coefficient (Wildman–Crippen LogP) is 2.98. The van der Waals surface area contributed by atoms with Crippen molar-refractivity contribution in [2.45, 2.75) is 32.1 Å². The van der Waals surface area contributed by atoms with E-state index in [9.17, 15) is 8.78 Å². The summed E-state index contributed by atoms with van der Waals surface area (Å²) < 4.78 is 26.2. The minimum atomic E-state index is -0.537. The normalized spacial score (nSPS) is 11.8. The maximum atomic E-state index is 13.1. The summed E-state index contributed by atoms with van der Waals surface area (Å²) in [7, 11) is 0. The Morgan fingerprint density at radius 1 is 1.07 bits per heavy atom. The smallest absolute Gasteiger partial charge is 0.126 e. The van der Waals surface area contributed by atoms with E-state index in [0.717, 1.165) is 18.9 Å². The number of nitrogens with two attached hydrogens (primary N) is 1. The summed E-state index contributed by atoms with van der Waals surface area (Å²) in [5, 5.41) is 0. The Morgan fingerprint density at radius 3 is 1.87 bits per heavy atom. The van der Waals surface area contributed by atoms with Crippen LogP contribution in [-0.4, -0.2) is 6.54 Å². The standard InChI is InChI=1S/C12H17F2N/c1-3-12(4-2,8-15)9-5-10(13)7-11(14)6-9/h5-7H,3-4,8,15H2,1-2H3. The summed E-state index contributed by atoms with van der Waals surface area (Å²) in [6.07, 6.45) is 1.56. The van der Waals surface area contributed by atoms with E-state index in [-0.39, 0.29) is 5.41 Å². The van der Waals surface area contributed by atoms with Gasteiger partial charge < -0.3 is 5.73 Å². The summed E-state index contributed by atoms with van der Waals surface area (Å²) in [6, 6.07) is 3.64. The highest BCUT2D eigenvalue weighted by Gasteiger charge is 2.27. The fraction of sp³-hybridized carbons (Fsp3) is 0.500. The predicted molar refractivity (Wildman–Crippen MR) is 57.7 cm³/mol. The van der Waals surface area contributed by atoms with Crippen molar-refractivity contribution in [3.63, 3.8) is 0 Å². The van der Waals surface area contributed by atoms with Crippen molar-refractivity contribution < 1.29 is 8.78 Å². The molecule has 0 saturated carbocycles. The molecule has 0 unspecified atom stereocenters. The summed E-state index contributed by atoms with van der Waals surface area (Å²) in [4.78, 5) is 0. The third kappa shape index (κ3) is 2.34. The Kier molecular flexibility index (Phi) is 3.80. The molecule has 0 atom stereocenters. The molecule has 1 nitrogen and oxygen atoms in total. The van der Waals surface area contributed by atoms with Crippen LogP contribution in [0.1, 0.15) is 32.3 Å². The van der Waals surface area contributed by atoms with Gasteiger partial charge in [-0.15, -0.1) is 0 Å². The molecule has 0 aliphatic rings. The molecule has 0 fully saturated rings. The molecule has 2 N–H and O–H groups in total. The van der Waals surface area contributed by atoms with Crippen molar-refractivity contribution in [3.05, 3.63) is 35.4 Å². The highest BCUT2D eigenvalue weighted by Crippen LogP contribution is 2.31. The third-order valence-corrected chi connectivity index (χ3v) is 3.22. The monoisotopic (exact) mass is 213 g/mol. The summed E-state index contributed by atoms with van der Waals surface area (Å²) >= 11 is 0. The number of rotatable bonds is 4. The summed E-state index contributed by atoms with van der Waals surface area (Å²) in [5.74, 6) is -1.07. The zero-order chi connectivity index (χ0) is 11.5. The van der Waals surface area contributed by atoms with Gasteiger partial charge in [0.25, 0.3) is 0 Å². The van der Waals surface area contributed by atoms with Crippen LogP contribution in [-0.2, 0) is 5.41 Å². The molecule has 84 valence electrons. The SMILES string of the molecule is CCC(CC)(CN)c1cc(F)cc(F)c1. The molecule has 0 aromatic heterocycles. The molecule has 0 spiro atoms. The van der Waals surface area contributed by atoms with Gasteiger partial charge in [0.2, 0.25) is 0 Å². The van der Waals surface area contributed by atoms with Gasteiger partial charge in [0.15, 0.2) is 0 Å². The van der Waals surface area contributed by atoms with Gasteiger partial charge in [-0.1, -0.05) is 13.8 Å². The first kappa shape index (κ1) is 12.1. The fourth-order valence-corrected chi connectivity index (χ4v) is 1.92. The largest absolute Gasteiger partial charge is 0.330 e.